The van der Waals surface area contributed by atoms with Gasteiger partial charge >= 0.3 is 48.8 Å². The number of nitrogens with zero attached hydrogens (tertiary/aromatic N) is 9. The second kappa shape index (κ2) is 45.8. The van der Waals surface area contributed by atoms with Crippen molar-refractivity contribution in [3.8, 4) is 86.4 Å². The number of hydrogen-bond donors (Lipinski definition) is 3. The Morgan fingerprint density at radius 2 is 0.672 bits per heavy atom. The topological polar surface area (TPSA) is 365 Å². The Morgan fingerprint density at radius 1 is 0.373 bits per heavy atom. The third kappa shape index (κ3) is 31.7. The average Bonchev–Trinajstić information content (AvgIpc) is 1.57. The molecule has 13 rings (SSSR count). The summed E-state index contributed by atoms with van der Waals surface area (Å²) in [5.41, 5.74) is -2.40. The summed E-state index contributed by atoms with van der Waals surface area (Å²) in [6.45, 7) is 18.9. The van der Waals surface area contributed by atoms with E-state index in [9.17, 15) is 85.3 Å². The summed E-state index contributed by atoms with van der Waals surface area (Å²) >= 11 is 0. The molecule has 710 valence electrons. The van der Waals surface area contributed by atoms with E-state index in [0.29, 0.717) is 69.8 Å². The molecule has 27 nitrogen and oxygen atoms in total. The number of aryl methyl sites for hydroxylation is 3. The molecule has 0 amide bonds. The van der Waals surface area contributed by atoms with Crippen molar-refractivity contribution in [3.63, 3.8) is 0 Å². The fourth-order valence-corrected chi connectivity index (χ4v) is 10.7. The average molecular weight is 1890 g/mol. The molecule has 0 saturated carbocycles. The largest absolute Gasteiger partial charge is 0.508 e. The van der Waals surface area contributed by atoms with Crippen LogP contribution in [0.1, 0.15) is 135 Å². The highest BCUT2D eigenvalue weighted by Crippen LogP contribution is 2.38. The molecule has 0 saturated heterocycles. The number of esters is 2. The van der Waals surface area contributed by atoms with Gasteiger partial charge in [-0.25, -0.2) is 14.4 Å². The Labute approximate surface area is 754 Å². The first-order valence-corrected chi connectivity index (χ1v) is 39.6. The lowest BCUT2D eigenvalue weighted by molar-refractivity contribution is -0.159. The second-order valence-electron chi connectivity index (χ2n) is 29.6. The molecular weight excluding hydrogens is 1800 g/mol. The fraction of sp³-hybridized carbons (Fsp3) is 0.283. The smallest absolute Gasteiger partial charge is 0.416 e. The van der Waals surface area contributed by atoms with Crippen molar-refractivity contribution in [3.05, 3.63) is 285 Å². The molecule has 3 N–H and O–H groups in total. The molecule has 0 aliphatic carbocycles. The number of rotatable bonds is 26. The lowest BCUT2D eigenvalue weighted by Gasteiger charge is -2.25. The van der Waals surface area contributed by atoms with Crippen molar-refractivity contribution in [2.24, 2.45) is 0 Å². The number of phenols is 1. The number of benzene rings is 9. The van der Waals surface area contributed by atoms with Gasteiger partial charge < -0.3 is 70.9 Å². The maximum atomic E-state index is 12.7. The van der Waals surface area contributed by atoms with Gasteiger partial charge in [0.2, 0.25) is 35.3 Å². The van der Waals surface area contributed by atoms with Gasteiger partial charge in [0.15, 0.2) is 30.0 Å². The van der Waals surface area contributed by atoms with E-state index in [1.807, 2.05) is 30.3 Å². The van der Waals surface area contributed by atoms with Crippen molar-refractivity contribution in [2.45, 2.75) is 157 Å². The Hall–Kier alpha value is -14.9. The van der Waals surface area contributed by atoms with Crippen LogP contribution < -0.4 is 23.7 Å². The van der Waals surface area contributed by atoms with Crippen LogP contribution in [-0.4, -0.2) is 104 Å². The van der Waals surface area contributed by atoms with Gasteiger partial charge in [0.25, 0.3) is 11.8 Å². The Balaban J connectivity index is 0.000000204. The maximum Gasteiger partial charge on any atom is 0.416 e. The number of carboxylic acid groups (broad SMARTS) is 1. The van der Waals surface area contributed by atoms with Crippen LogP contribution in [-0.2, 0) is 92.5 Å². The van der Waals surface area contributed by atoms with Gasteiger partial charge in [-0.05, 0) is 274 Å². The zero-order chi connectivity index (χ0) is 98.7. The Morgan fingerprint density at radius 3 is 0.963 bits per heavy atom. The third-order valence-electron chi connectivity index (χ3n) is 17.8. The number of aliphatic carboxylic acids is 1. The number of carbonyl (C=O) groups is 3. The first-order chi connectivity index (χ1) is 62.9. The number of aliphatic hydroxyl groups is 1. The summed E-state index contributed by atoms with van der Waals surface area (Å²) in [7, 11) is 0. The van der Waals surface area contributed by atoms with Gasteiger partial charge in [0, 0.05) is 22.3 Å². The Bertz CT molecular complexity index is 6020. The number of alkyl halides is 15. The number of phenolic OH excluding ortho intramolecular Hbond substituents is 1. The number of aromatic hydroxyl groups is 1. The van der Waals surface area contributed by atoms with Crippen LogP contribution >= 0.6 is 0 Å². The van der Waals surface area contributed by atoms with Crippen molar-refractivity contribution in [1.29, 1.82) is 5.26 Å². The highest BCUT2D eigenvalue weighted by atomic mass is 19.4. The molecular formula is C92H84F15N9O18. The Kier molecular flexibility index (Phi) is 35.7. The molecule has 0 bridgehead atoms. The summed E-state index contributed by atoms with van der Waals surface area (Å²) < 4.78 is 251. The van der Waals surface area contributed by atoms with Crippen molar-refractivity contribution >= 4 is 17.9 Å². The molecule has 4 heterocycles. The monoisotopic (exact) mass is 1890 g/mol. The molecule has 0 radical (unpaired) electrons. The predicted octanol–water partition coefficient (Wildman–Crippen LogP) is 22.0. The van der Waals surface area contributed by atoms with Crippen LogP contribution in [0.3, 0.4) is 0 Å². The van der Waals surface area contributed by atoms with E-state index in [1.165, 1.54) is 68.4 Å². The van der Waals surface area contributed by atoms with Crippen LogP contribution in [0.4, 0.5) is 65.9 Å². The van der Waals surface area contributed by atoms with E-state index >= 15 is 0 Å². The maximum absolute atomic E-state index is 12.7. The number of carbonyl (C=O) groups excluding carboxylic acids is 2. The predicted molar refractivity (Wildman–Crippen MR) is 445 cm³/mol. The van der Waals surface area contributed by atoms with Crippen molar-refractivity contribution in [1.82, 2.24) is 40.8 Å². The summed E-state index contributed by atoms with van der Waals surface area (Å²) in [5.74, 6) is 1.60. The van der Waals surface area contributed by atoms with E-state index in [-0.39, 0.29) is 84.9 Å². The molecule has 0 aliphatic heterocycles. The first-order valence-electron chi connectivity index (χ1n) is 39.6. The van der Waals surface area contributed by atoms with Gasteiger partial charge in [0.05, 0.1) is 59.3 Å². The number of nitriles is 1. The van der Waals surface area contributed by atoms with E-state index in [4.69, 9.17) is 71.0 Å². The molecule has 4 aromatic heterocycles. The molecule has 134 heavy (non-hydrogen) atoms. The normalized spacial score (nSPS) is 11.6. The van der Waals surface area contributed by atoms with Gasteiger partial charge in [-0.1, -0.05) is 30.3 Å². The fourth-order valence-electron chi connectivity index (χ4n) is 10.7. The summed E-state index contributed by atoms with van der Waals surface area (Å²) in [5, 5.41) is 65.6. The number of halogens is 15. The van der Waals surface area contributed by atoms with Crippen LogP contribution in [0.2, 0.25) is 0 Å². The standard InChI is InChI=1S/C23H23F3N2O5.C21H19F3N2O5.C17H13F3N2O2.C13H18O4.C10H7F3N2O2.C8H4F3N/c1-5-30-21(29)22(3,4)33-18-11-10-17(12-14(18)2)31-13-19-27-28-20(32-19)15-6-8-16(9-7-15)23(24,25)26;1-12-10-15(8-9-16(12)31-20(2,3)19(27)28)29-11-17-25-26-18(30-17)13-4-6-14(7-5-13)21(22,23)24;18-17(19,20)14-8-6-13(7-9-14)16-22-21-15(24-16)11-23-10-12-4-2-1-3-5-12;1-5-16-12(15)13(3,4)17-11-7-6-10(14)8-9(11)2;11-10(12,13)7-3-1-6(2-4-7)9-15-14-8(5-16)17-9;9-8(10,11)7-3-1-6(5-12)2-4-7/h6-12H,5,13H2,1-4H3;4-10H,11H2,1-3H3,(H,27,28);1-9H,10-11H2;6-8,14H,5H2,1-4H3;1-4,16H,5H2;1-4H. The molecule has 0 atom stereocenters. The quantitative estimate of drug-likeness (QED) is 0.0335. The molecule has 13 aromatic rings. The zero-order valence-electron chi connectivity index (χ0n) is 72.7. The number of aliphatic hydroxyl groups excluding tert-OH is 1. The molecule has 42 heteroatoms. The molecule has 0 fully saturated rings. The summed E-state index contributed by atoms with van der Waals surface area (Å²) in [6.07, 6.45) is -21.9. The van der Waals surface area contributed by atoms with Crippen molar-refractivity contribution < 1.29 is 151 Å². The molecule has 0 spiro atoms. The minimum atomic E-state index is -4.42. The lowest BCUT2D eigenvalue weighted by Crippen LogP contribution is -2.39. The van der Waals surface area contributed by atoms with Crippen molar-refractivity contribution in [2.75, 3.05) is 13.2 Å². The van der Waals surface area contributed by atoms with E-state index < -0.39 is 100 Å². The van der Waals surface area contributed by atoms with Crippen LogP contribution in [0.15, 0.2) is 224 Å². The van der Waals surface area contributed by atoms with Gasteiger partial charge in [-0.15, -0.1) is 40.8 Å². The highest BCUT2D eigenvalue weighted by Gasteiger charge is 2.37. The first kappa shape index (κ1) is 104. The second-order valence-corrected chi connectivity index (χ2v) is 29.6. The molecule has 0 aliphatic rings. The summed E-state index contributed by atoms with van der Waals surface area (Å²) in [6, 6.07) is 47.7. The van der Waals surface area contributed by atoms with E-state index in [1.54, 1.807) is 117 Å². The SMILES string of the molecule is CCOC(=O)C(C)(C)Oc1ccc(O)cc1C.CCOC(=O)C(C)(C)Oc1ccc(OCc2nnc(-c3ccc(C(F)(F)F)cc3)o2)cc1C.Cc1cc(OCc2nnc(-c3ccc(C(F)(F)F)cc3)o2)ccc1OC(C)(C)C(=O)O.FC(F)(F)c1ccc(-c2nnc(COCc3ccccc3)o2)cc1.N#Cc1ccc(C(F)(F)F)cc1.OCc1nnc(-c2ccc(C(F)(F)F)cc2)o1. The summed E-state index contributed by atoms with van der Waals surface area (Å²) in [4.78, 5) is 34.9. The minimum absolute atomic E-state index is 0.0138. The zero-order valence-corrected chi connectivity index (χ0v) is 72.7. The molecule has 0 unspecified atom stereocenters. The van der Waals surface area contributed by atoms with Gasteiger partial charge in [-0.2, -0.15) is 71.1 Å². The number of hydrogen-bond acceptors (Lipinski definition) is 26. The number of carboxylic acids is 1. The third-order valence-corrected chi connectivity index (χ3v) is 17.8. The minimum Gasteiger partial charge on any atom is -0.508 e. The number of ether oxygens (including phenoxy) is 8. The van der Waals surface area contributed by atoms with E-state index in [2.05, 4.69) is 40.8 Å². The number of aromatic nitrogens is 8. The van der Waals surface area contributed by atoms with Crippen LogP contribution in [0.25, 0.3) is 45.8 Å². The van der Waals surface area contributed by atoms with Gasteiger partial charge in [-0.3, -0.25) is 0 Å². The van der Waals surface area contributed by atoms with E-state index in [0.717, 1.165) is 89.5 Å². The van der Waals surface area contributed by atoms with Crippen LogP contribution in [0.5, 0.6) is 34.5 Å². The van der Waals surface area contributed by atoms with Gasteiger partial charge in [0.1, 0.15) is 47.7 Å². The highest BCUT2D eigenvalue weighted by molar-refractivity contribution is 5.80. The van der Waals surface area contributed by atoms with Crippen LogP contribution in [0, 0.1) is 32.1 Å². The lowest BCUT2D eigenvalue weighted by atomic mass is 10.1. The molecule has 9 aromatic carbocycles.